The van der Waals surface area contributed by atoms with Gasteiger partial charge < -0.3 is 14.8 Å². The number of carbonyl (C=O) groups excluding carboxylic acids is 1. The van der Waals surface area contributed by atoms with Gasteiger partial charge in [-0.15, -0.1) is 0 Å². The van der Waals surface area contributed by atoms with Crippen molar-refractivity contribution in [1.29, 1.82) is 0 Å². The van der Waals surface area contributed by atoms with E-state index in [0.29, 0.717) is 5.75 Å². The van der Waals surface area contributed by atoms with Gasteiger partial charge in [0, 0.05) is 6.26 Å². The number of likely N-dealkylation sites (N-methyl/N-ethyl adjacent to an activating group) is 1. The SMILES string of the molecule is CNC(COc1ccc(S(C)(=O)=O)cc1)C(=O)OC. The zero-order valence-electron chi connectivity index (χ0n) is 11.0. The largest absolute Gasteiger partial charge is 0.491 e. The molecule has 0 bridgehead atoms. The minimum absolute atomic E-state index is 0.0986. The van der Waals surface area contributed by atoms with Gasteiger partial charge in [0.15, 0.2) is 9.84 Å². The van der Waals surface area contributed by atoms with E-state index in [1.54, 1.807) is 19.2 Å². The van der Waals surface area contributed by atoms with Crippen molar-refractivity contribution in [3.63, 3.8) is 0 Å². The number of rotatable bonds is 6. The monoisotopic (exact) mass is 287 g/mol. The molecule has 0 saturated carbocycles. The Hall–Kier alpha value is -1.60. The Morgan fingerprint density at radius 3 is 2.32 bits per heavy atom. The maximum Gasteiger partial charge on any atom is 0.326 e. The highest BCUT2D eigenvalue weighted by atomic mass is 32.2. The van der Waals surface area contributed by atoms with Gasteiger partial charge in [-0.3, -0.25) is 4.79 Å². The van der Waals surface area contributed by atoms with Crippen LogP contribution >= 0.6 is 0 Å². The fraction of sp³-hybridized carbons (Fsp3) is 0.417. The molecule has 1 rings (SSSR count). The fourth-order valence-electron chi connectivity index (χ4n) is 1.37. The molecule has 1 N–H and O–H groups in total. The highest BCUT2D eigenvalue weighted by Gasteiger charge is 2.17. The average Bonchev–Trinajstić information content (AvgIpc) is 2.38. The Morgan fingerprint density at radius 1 is 1.32 bits per heavy atom. The lowest BCUT2D eigenvalue weighted by atomic mass is 10.3. The van der Waals surface area contributed by atoms with E-state index in [-0.39, 0.29) is 11.5 Å². The predicted molar refractivity (Wildman–Crippen MR) is 69.9 cm³/mol. The summed E-state index contributed by atoms with van der Waals surface area (Å²) >= 11 is 0. The molecule has 0 saturated heterocycles. The average molecular weight is 287 g/mol. The Kier molecular flexibility index (Phi) is 5.31. The van der Waals surface area contributed by atoms with Crippen molar-refractivity contribution in [2.24, 2.45) is 0 Å². The number of ether oxygens (including phenoxy) is 2. The third-order valence-corrected chi connectivity index (χ3v) is 3.63. The second-order valence-corrected chi connectivity index (χ2v) is 5.93. The van der Waals surface area contributed by atoms with Crippen LogP contribution in [0, 0.1) is 0 Å². The molecule has 0 aliphatic rings. The van der Waals surface area contributed by atoms with E-state index in [1.165, 1.54) is 19.2 Å². The second-order valence-electron chi connectivity index (χ2n) is 3.92. The van der Waals surface area contributed by atoms with E-state index in [4.69, 9.17) is 4.74 Å². The van der Waals surface area contributed by atoms with Gasteiger partial charge in [-0.05, 0) is 31.3 Å². The summed E-state index contributed by atoms with van der Waals surface area (Å²) in [5, 5.41) is 2.76. The number of hydrogen-bond donors (Lipinski definition) is 1. The molecule has 6 nitrogen and oxygen atoms in total. The molecule has 1 aromatic rings. The quantitative estimate of drug-likeness (QED) is 0.754. The Bertz CT molecular complexity index is 524. The first kappa shape index (κ1) is 15.5. The van der Waals surface area contributed by atoms with Crippen molar-refractivity contribution in [1.82, 2.24) is 5.32 Å². The van der Waals surface area contributed by atoms with Gasteiger partial charge in [-0.2, -0.15) is 0 Å². The van der Waals surface area contributed by atoms with Crippen LogP contribution in [0.15, 0.2) is 29.2 Å². The summed E-state index contributed by atoms with van der Waals surface area (Å²) in [5.41, 5.74) is 0. The van der Waals surface area contributed by atoms with Crippen LogP contribution < -0.4 is 10.1 Å². The van der Waals surface area contributed by atoms with Crippen LogP contribution in [0.25, 0.3) is 0 Å². The molecule has 7 heteroatoms. The van der Waals surface area contributed by atoms with Gasteiger partial charge in [0.2, 0.25) is 0 Å². The van der Waals surface area contributed by atoms with E-state index in [1.807, 2.05) is 0 Å². The number of methoxy groups -OCH3 is 1. The number of sulfone groups is 1. The van der Waals surface area contributed by atoms with Crippen molar-refractivity contribution in [3.8, 4) is 5.75 Å². The van der Waals surface area contributed by atoms with Crippen LogP contribution in [0.5, 0.6) is 5.75 Å². The standard InChI is InChI=1S/C12H17NO5S/c1-13-11(12(14)17-2)8-18-9-4-6-10(7-5-9)19(3,15)16/h4-7,11,13H,8H2,1-3H3. The zero-order chi connectivity index (χ0) is 14.5. The minimum Gasteiger partial charge on any atom is -0.491 e. The van der Waals surface area contributed by atoms with Crippen LogP contribution in [0.2, 0.25) is 0 Å². The molecule has 0 spiro atoms. The van der Waals surface area contributed by atoms with Gasteiger partial charge in [-0.1, -0.05) is 0 Å². The number of nitrogens with one attached hydrogen (secondary N) is 1. The summed E-state index contributed by atoms with van der Waals surface area (Å²) in [6, 6.07) is 5.43. The molecule has 1 unspecified atom stereocenters. The summed E-state index contributed by atoms with van der Waals surface area (Å²) in [4.78, 5) is 11.5. The van der Waals surface area contributed by atoms with E-state index < -0.39 is 21.8 Å². The van der Waals surface area contributed by atoms with Crippen LogP contribution in [0.3, 0.4) is 0 Å². The summed E-state index contributed by atoms with van der Waals surface area (Å²) < 4.78 is 32.5. The summed E-state index contributed by atoms with van der Waals surface area (Å²) in [6.07, 6.45) is 1.14. The molecule has 106 valence electrons. The molecule has 0 amide bonds. The maximum absolute atomic E-state index is 11.3. The van der Waals surface area contributed by atoms with E-state index >= 15 is 0 Å². The third-order valence-electron chi connectivity index (χ3n) is 2.50. The molecule has 1 atom stereocenters. The van der Waals surface area contributed by atoms with Gasteiger partial charge >= 0.3 is 5.97 Å². The van der Waals surface area contributed by atoms with Gasteiger partial charge in [0.25, 0.3) is 0 Å². The highest BCUT2D eigenvalue weighted by molar-refractivity contribution is 7.90. The lowest BCUT2D eigenvalue weighted by molar-refractivity contribution is -0.143. The highest BCUT2D eigenvalue weighted by Crippen LogP contribution is 2.15. The molecular formula is C12H17NO5S. The minimum atomic E-state index is -3.21. The molecule has 0 radical (unpaired) electrons. The van der Waals surface area contributed by atoms with Crippen molar-refractivity contribution in [3.05, 3.63) is 24.3 Å². The van der Waals surface area contributed by atoms with Crippen molar-refractivity contribution in [2.75, 3.05) is 27.0 Å². The van der Waals surface area contributed by atoms with Crippen molar-refractivity contribution < 1.29 is 22.7 Å². The molecule has 0 aromatic heterocycles. The summed E-state index contributed by atoms with van der Waals surface area (Å²) in [6.45, 7) is 0.0986. The van der Waals surface area contributed by atoms with Gasteiger partial charge in [-0.25, -0.2) is 8.42 Å². The lowest BCUT2D eigenvalue weighted by Gasteiger charge is -2.14. The van der Waals surface area contributed by atoms with Crippen molar-refractivity contribution >= 4 is 15.8 Å². The second kappa shape index (κ2) is 6.53. The third kappa shape index (κ3) is 4.53. The number of hydrogen-bond acceptors (Lipinski definition) is 6. The number of carbonyl (C=O) groups is 1. The van der Waals surface area contributed by atoms with Gasteiger partial charge in [0.1, 0.15) is 18.4 Å². The molecule has 0 aliphatic heterocycles. The number of esters is 1. The van der Waals surface area contributed by atoms with Crippen LogP contribution in [0.1, 0.15) is 0 Å². The summed E-state index contributed by atoms with van der Waals surface area (Å²) in [5.74, 6) is 0.0619. The molecule has 19 heavy (non-hydrogen) atoms. The number of benzene rings is 1. The Morgan fingerprint density at radius 2 is 1.89 bits per heavy atom. The fourth-order valence-corrected chi connectivity index (χ4v) is 2.00. The molecule has 1 aromatic carbocycles. The van der Waals surface area contributed by atoms with Crippen molar-refractivity contribution in [2.45, 2.75) is 10.9 Å². The first-order chi connectivity index (χ1) is 8.88. The molecular weight excluding hydrogens is 270 g/mol. The van der Waals surface area contributed by atoms with Crippen LogP contribution in [0.4, 0.5) is 0 Å². The van der Waals surface area contributed by atoms with E-state index in [9.17, 15) is 13.2 Å². The first-order valence-electron chi connectivity index (χ1n) is 5.56. The predicted octanol–water partition coefficient (Wildman–Crippen LogP) is 0.230. The molecule has 0 fully saturated rings. The summed E-state index contributed by atoms with van der Waals surface area (Å²) in [7, 11) is -0.293. The Balaban J connectivity index is 2.66. The van der Waals surface area contributed by atoms with E-state index in [2.05, 4.69) is 10.1 Å². The molecule has 0 heterocycles. The van der Waals surface area contributed by atoms with Crippen LogP contribution in [-0.4, -0.2) is 47.4 Å². The Labute approximate surface area is 112 Å². The smallest absolute Gasteiger partial charge is 0.326 e. The molecule has 0 aliphatic carbocycles. The first-order valence-corrected chi connectivity index (χ1v) is 7.45. The lowest BCUT2D eigenvalue weighted by Crippen LogP contribution is -2.40. The van der Waals surface area contributed by atoms with Gasteiger partial charge in [0.05, 0.1) is 12.0 Å². The zero-order valence-corrected chi connectivity index (χ0v) is 11.9. The van der Waals surface area contributed by atoms with E-state index in [0.717, 1.165) is 6.26 Å². The normalized spacial score (nSPS) is 12.8. The van der Waals surface area contributed by atoms with Crippen LogP contribution in [-0.2, 0) is 19.4 Å². The maximum atomic E-state index is 11.3. The topological polar surface area (TPSA) is 81.7 Å².